The van der Waals surface area contributed by atoms with E-state index in [0.29, 0.717) is 24.7 Å². The quantitative estimate of drug-likeness (QED) is 0.334. The highest BCUT2D eigenvalue weighted by Gasteiger charge is 2.33. The number of carbonyl (C=O) groups is 2. The van der Waals surface area contributed by atoms with Gasteiger partial charge >= 0.3 is 5.97 Å². The molecule has 0 unspecified atom stereocenters. The molecule has 0 spiro atoms. The Bertz CT molecular complexity index is 1310. The lowest BCUT2D eigenvalue weighted by Crippen LogP contribution is -2.54. The number of benzene rings is 2. The van der Waals surface area contributed by atoms with Crippen molar-refractivity contribution in [2.75, 3.05) is 30.3 Å². The number of morpholine rings is 1. The third kappa shape index (κ3) is 5.39. The average Bonchev–Trinajstić information content (AvgIpc) is 2.82. The number of nitrogens with zero attached hydrogens (tertiary/aromatic N) is 3. The van der Waals surface area contributed by atoms with Gasteiger partial charge in [-0.3, -0.25) is 14.5 Å². The van der Waals surface area contributed by atoms with Crippen LogP contribution in [0.5, 0.6) is 0 Å². The fraction of sp³-hybridized carbons (Fsp3) is 0.231. The van der Waals surface area contributed by atoms with Crippen LogP contribution in [-0.4, -0.2) is 52.0 Å². The third-order valence-electron chi connectivity index (χ3n) is 5.55. The fourth-order valence-corrected chi connectivity index (χ4v) is 3.60. The second kappa shape index (κ2) is 9.73. The minimum Gasteiger partial charge on any atom is -0.463 e. The molecule has 1 aliphatic heterocycles. The molecule has 0 bridgehead atoms. The van der Waals surface area contributed by atoms with Gasteiger partial charge in [-0.25, -0.2) is 9.97 Å². The Morgan fingerprint density at radius 3 is 2.91 bits per heavy atom. The lowest BCUT2D eigenvalue weighted by atomic mass is 10.0. The molecule has 0 radical (unpaired) electrons. The Balaban J connectivity index is 1.46. The fourth-order valence-electron chi connectivity index (χ4n) is 3.60. The van der Waals surface area contributed by atoms with Crippen LogP contribution in [0.15, 0.2) is 60.9 Å². The molecule has 1 saturated heterocycles. The molecule has 34 heavy (non-hydrogen) atoms. The van der Waals surface area contributed by atoms with Crippen LogP contribution in [0.1, 0.15) is 19.4 Å². The van der Waals surface area contributed by atoms with Gasteiger partial charge in [-0.15, -0.1) is 6.42 Å². The molecule has 2 aromatic carbocycles. The smallest absolute Gasteiger partial charge is 0.320 e. The summed E-state index contributed by atoms with van der Waals surface area (Å²) in [5.74, 6) is 2.68. The largest absolute Gasteiger partial charge is 0.463 e. The van der Waals surface area contributed by atoms with E-state index in [4.69, 9.17) is 11.2 Å². The van der Waals surface area contributed by atoms with Gasteiger partial charge in [-0.1, -0.05) is 18.1 Å². The van der Waals surface area contributed by atoms with Crippen molar-refractivity contribution < 1.29 is 14.3 Å². The number of ether oxygens (including phenoxy) is 1. The highest BCUT2D eigenvalue weighted by Crippen LogP contribution is 2.26. The van der Waals surface area contributed by atoms with E-state index in [1.807, 2.05) is 55.1 Å². The third-order valence-corrected chi connectivity index (χ3v) is 5.55. The molecule has 0 aliphatic carbocycles. The highest BCUT2D eigenvalue weighted by atomic mass is 16.5. The van der Waals surface area contributed by atoms with E-state index >= 15 is 0 Å². The molecule has 1 aliphatic rings. The number of aromatic nitrogens is 2. The first-order chi connectivity index (χ1) is 16.3. The first-order valence-electron chi connectivity index (χ1n) is 10.8. The molecule has 2 N–H and O–H groups in total. The normalized spacial score (nSPS) is 15.6. The second-order valence-corrected chi connectivity index (χ2v) is 8.55. The number of rotatable bonds is 6. The minimum atomic E-state index is -0.282. The average molecular weight is 456 g/mol. The maximum Gasteiger partial charge on any atom is 0.320 e. The van der Waals surface area contributed by atoms with Crippen molar-refractivity contribution in [1.82, 2.24) is 14.9 Å². The van der Waals surface area contributed by atoms with Gasteiger partial charge in [0, 0.05) is 34.9 Å². The van der Waals surface area contributed by atoms with Crippen molar-refractivity contribution in [2.45, 2.75) is 19.4 Å². The minimum absolute atomic E-state index is 0.198. The SMILES string of the molecule is C#Cc1cccc(Nc2ncnc3ccc(NC(=O)/C=C/CN4CC(=O)OCC4(C)C)cc23)c1. The Morgan fingerprint density at radius 2 is 2.09 bits per heavy atom. The maximum atomic E-state index is 12.5. The standard InChI is InChI=1S/C26H25N5O3/c1-4-18-7-5-8-19(13-18)30-25-21-14-20(10-11-22(21)27-17-28-25)29-23(32)9-6-12-31-15-24(33)34-16-26(31,2)3/h1,5-11,13-14,17H,12,15-16H2,2-3H3,(H,29,32)(H,27,28,30)/b9-6+. The zero-order valence-electron chi connectivity index (χ0n) is 19.0. The first-order valence-corrected chi connectivity index (χ1v) is 10.8. The summed E-state index contributed by atoms with van der Waals surface area (Å²) in [5.41, 5.74) is 2.62. The van der Waals surface area contributed by atoms with Gasteiger partial charge in [0.2, 0.25) is 5.91 Å². The van der Waals surface area contributed by atoms with E-state index in [2.05, 4.69) is 26.5 Å². The number of amides is 1. The summed E-state index contributed by atoms with van der Waals surface area (Å²) in [7, 11) is 0. The molecule has 1 aromatic heterocycles. The maximum absolute atomic E-state index is 12.5. The summed E-state index contributed by atoms with van der Waals surface area (Å²) < 4.78 is 5.12. The van der Waals surface area contributed by atoms with Gasteiger partial charge in [-0.2, -0.15) is 0 Å². The molecule has 0 atom stereocenters. The number of hydrogen-bond acceptors (Lipinski definition) is 7. The van der Waals surface area contributed by atoms with E-state index in [1.165, 1.54) is 12.4 Å². The monoisotopic (exact) mass is 455 g/mol. The molecular weight excluding hydrogens is 430 g/mol. The summed E-state index contributed by atoms with van der Waals surface area (Å²) >= 11 is 0. The first kappa shape index (κ1) is 23.0. The van der Waals surface area contributed by atoms with Crippen LogP contribution in [0.3, 0.4) is 0 Å². The van der Waals surface area contributed by atoms with Crippen LogP contribution in [-0.2, 0) is 14.3 Å². The van der Waals surface area contributed by atoms with Crippen molar-refractivity contribution >= 4 is 40.0 Å². The van der Waals surface area contributed by atoms with Crippen molar-refractivity contribution in [3.63, 3.8) is 0 Å². The predicted molar refractivity (Wildman–Crippen MR) is 132 cm³/mol. The summed E-state index contributed by atoms with van der Waals surface area (Å²) in [5, 5.41) is 6.89. The number of terminal acetylenes is 1. The molecule has 172 valence electrons. The number of hydrogen-bond donors (Lipinski definition) is 2. The highest BCUT2D eigenvalue weighted by molar-refractivity contribution is 6.01. The van der Waals surface area contributed by atoms with Crippen molar-refractivity contribution in [3.05, 3.63) is 66.5 Å². The molecular formula is C26H25N5O3. The van der Waals surface area contributed by atoms with Crippen LogP contribution < -0.4 is 10.6 Å². The van der Waals surface area contributed by atoms with Gasteiger partial charge in [0.15, 0.2) is 0 Å². The summed E-state index contributed by atoms with van der Waals surface area (Å²) in [6.07, 6.45) is 10.2. The second-order valence-electron chi connectivity index (χ2n) is 8.55. The van der Waals surface area contributed by atoms with Gasteiger partial charge in [-0.05, 0) is 50.2 Å². The van der Waals surface area contributed by atoms with Gasteiger partial charge in [0.05, 0.1) is 17.6 Å². The Kier molecular flexibility index (Phi) is 6.57. The Morgan fingerprint density at radius 1 is 1.24 bits per heavy atom. The van der Waals surface area contributed by atoms with Gasteiger partial charge in [0.25, 0.3) is 0 Å². The topological polar surface area (TPSA) is 96.5 Å². The van der Waals surface area contributed by atoms with Crippen LogP contribution in [0.25, 0.3) is 10.9 Å². The van der Waals surface area contributed by atoms with Gasteiger partial charge in [0.1, 0.15) is 18.8 Å². The zero-order valence-corrected chi connectivity index (χ0v) is 19.0. The van der Waals surface area contributed by atoms with E-state index in [0.717, 1.165) is 22.2 Å². The number of cyclic esters (lactones) is 1. The van der Waals surface area contributed by atoms with Crippen molar-refractivity contribution in [1.29, 1.82) is 0 Å². The number of esters is 1. The van der Waals surface area contributed by atoms with Crippen LogP contribution in [0, 0.1) is 12.3 Å². The summed E-state index contributed by atoms with van der Waals surface area (Å²) in [4.78, 5) is 34.7. The van der Waals surface area contributed by atoms with Gasteiger partial charge < -0.3 is 15.4 Å². The molecule has 2 heterocycles. The molecule has 8 nitrogen and oxygen atoms in total. The molecule has 4 rings (SSSR count). The lowest BCUT2D eigenvalue weighted by Gasteiger charge is -2.40. The van der Waals surface area contributed by atoms with E-state index in [-0.39, 0.29) is 24.0 Å². The Labute approximate surface area is 198 Å². The number of nitrogens with one attached hydrogen (secondary N) is 2. The van der Waals surface area contributed by atoms with E-state index < -0.39 is 0 Å². The lowest BCUT2D eigenvalue weighted by molar-refractivity contribution is -0.159. The summed E-state index contributed by atoms with van der Waals surface area (Å²) in [6, 6.07) is 12.9. The molecule has 1 fully saturated rings. The molecule has 3 aromatic rings. The Hall–Kier alpha value is -4.22. The van der Waals surface area contributed by atoms with Crippen LogP contribution >= 0.6 is 0 Å². The number of fused-ring (bicyclic) bond motifs is 1. The predicted octanol–water partition coefficient (Wildman–Crippen LogP) is 3.49. The molecule has 1 amide bonds. The molecule has 8 heteroatoms. The van der Waals surface area contributed by atoms with E-state index in [9.17, 15) is 9.59 Å². The van der Waals surface area contributed by atoms with Crippen molar-refractivity contribution in [3.8, 4) is 12.3 Å². The van der Waals surface area contributed by atoms with Crippen LogP contribution in [0.2, 0.25) is 0 Å². The van der Waals surface area contributed by atoms with E-state index in [1.54, 1.807) is 12.1 Å². The number of carbonyl (C=O) groups excluding carboxylic acids is 2. The number of anilines is 3. The van der Waals surface area contributed by atoms with Crippen molar-refractivity contribution in [2.24, 2.45) is 0 Å². The molecule has 0 saturated carbocycles. The summed E-state index contributed by atoms with van der Waals surface area (Å²) in [6.45, 7) is 4.99. The zero-order chi connectivity index (χ0) is 24.1. The van der Waals surface area contributed by atoms with Crippen LogP contribution in [0.4, 0.5) is 17.2 Å².